The second-order valence-electron chi connectivity index (χ2n) is 6.82. The molecule has 0 saturated heterocycles. The molecule has 31 heavy (non-hydrogen) atoms. The van der Waals surface area contributed by atoms with E-state index in [2.05, 4.69) is 9.97 Å². The van der Waals surface area contributed by atoms with Crippen LogP contribution in [-0.2, 0) is 17.8 Å². The summed E-state index contributed by atoms with van der Waals surface area (Å²) in [6, 6.07) is 13.2. The first kappa shape index (κ1) is 20.8. The number of likely N-dealkylation sites (N-methyl/N-ethyl adjacent to an activating group) is 1. The lowest BCUT2D eigenvalue weighted by Gasteiger charge is -2.20. The number of nitrogens with one attached hydrogen (secondary N) is 1. The molecular weight excluding hydrogens is 434 g/mol. The van der Waals surface area contributed by atoms with Gasteiger partial charge in [0.25, 0.3) is 5.56 Å². The molecule has 0 saturated carbocycles. The van der Waals surface area contributed by atoms with Gasteiger partial charge in [-0.3, -0.25) is 19.1 Å². The molecule has 10 heteroatoms. The summed E-state index contributed by atoms with van der Waals surface area (Å²) in [7, 11) is 1.47. The number of nitrogens with two attached hydrogens (primary N) is 1. The topological polar surface area (TPSA) is 114 Å². The lowest BCUT2D eigenvalue weighted by molar-refractivity contribution is -0.117. The van der Waals surface area contributed by atoms with Crippen molar-refractivity contribution in [3.05, 3.63) is 85.3 Å². The second kappa shape index (κ2) is 8.70. The van der Waals surface area contributed by atoms with Crippen LogP contribution in [0.15, 0.2) is 62.8 Å². The number of nitrogens with zero attached hydrogens (tertiary/aromatic N) is 3. The van der Waals surface area contributed by atoms with Crippen LogP contribution in [0.1, 0.15) is 11.3 Å². The van der Waals surface area contributed by atoms with E-state index in [1.807, 2.05) is 53.2 Å². The molecule has 0 radical (unpaired) electrons. The summed E-state index contributed by atoms with van der Waals surface area (Å²) in [5, 5.41) is 4.63. The van der Waals surface area contributed by atoms with Crippen LogP contribution in [0, 0.1) is 0 Å². The number of rotatable bonds is 6. The fourth-order valence-corrected chi connectivity index (χ4v) is 4.76. The quantitative estimate of drug-likeness (QED) is 0.466. The van der Waals surface area contributed by atoms with Crippen molar-refractivity contribution in [1.29, 1.82) is 0 Å². The normalized spacial score (nSPS) is 10.9. The third kappa shape index (κ3) is 4.35. The Morgan fingerprint density at radius 3 is 2.65 bits per heavy atom. The summed E-state index contributed by atoms with van der Waals surface area (Å²) >= 11 is 3.04. The van der Waals surface area contributed by atoms with Crippen molar-refractivity contribution in [3.8, 4) is 9.88 Å². The van der Waals surface area contributed by atoms with E-state index in [1.165, 1.54) is 27.9 Å². The maximum Gasteiger partial charge on any atom is 0.330 e. The van der Waals surface area contributed by atoms with Gasteiger partial charge < -0.3 is 10.6 Å². The number of carbonyl (C=O) groups excluding carboxylic acids is 1. The number of benzene rings is 1. The van der Waals surface area contributed by atoms with E-state index in [0.29, 0.717) is 5.69 Å². The standard InChI is InChI=1S/C21H19N5O3S2/c1-25(16(27)10-14-12-31-20(23-14)15-8-5-9-30-15)17-18(22)26(21(29)24-19(17)28)11-13-6-3-2-4-7-13/h2-9,12H,10-11,22H2,1H3,(H,24,28,29). The number of anilines is 2. The van der Waals surface area contributed by atoms with E-state index in [-0.39, 0.29) is 30.4 Å². The zero-order chi connectivity index (χ0) is 22.0. The molecule has 3 N–H and O–H groups in total. The van der Waals surface area contributed by atoms with Crippen molar-refractivity contribution in [2.24, 2.45) is 0 Å². The highest BCUT2D eigenvalue weighted by atomic mass is 32.1. The van der Waals surface area contributed by atoms with Crippen LogP contribution in [0.3, 0.4) is 0 Å². The summed E-state index contributed by atoms with van der Waals surface area (Å²) in [4.78, 5) is 46.6. The molecule has 1 amide bonds. The number of H-pyrrole nitrogens is 1. The SMILES string of the molecule is CN(C(=O)Cc1csc(-c2cccs2)n1)c1c(N)n(Cc2ccccc2)c(=O)[nH]c1=O. The van der Waals surface area contributed by atoms with Gasteiger partial charge in [0.1, 0.15) is 10.8 Å². The largest absolute Gasteiger partial charge is 0.383 e. The number of hydrogen-bond donors (Lipinski definition) is 2. The first-order valence-corrected chi connectivity index (χ1v) is 11.1. The second-order valence-corrected chi connectivity index (χ2v) is 8.62. The highest BCUT2D eigenvalue weighted by molar-refractivity contribution is 7.20. The van der Waals surface area contributed by atoms with Crippen molar-refractivity contribution >= 4 is 40.1 Å². The fraction of sp³-hybridized carbons (Fsp3) is 0.143. The smallest absolute Gasteiger partial charge is 0.330 e. The minimum Gasteiger partial charge on any atom is -0.383 e. The van der Waals surface area contributed by atoms with Crippen LogP contribution < -0.4 is 21.9 Å². The average Bonchev–Trinajstić information content (AvgIpc) is 3.43. The van der Waals surface area contributed by atoms with Gasteiger partial charge in [-0.15, -0.1) is 22.7 Å². The van der Waals surface area contributed by atoms with Gasteiger partial charge in [0.15, 0.2) is 5.69 Å². The predicted molar refractivity (Wildman–Crippen MR) is 124 cm³/mol. The summed E-state index contributed by atoms with van der Waals surface area (Å²) < 4.78 is 1.24. The summed E-state index contributed by atoms with van der Waals surface area (Å²) in [5.41, 5.74) is 6.22. The third-order valence-corrected chi connectivity index (χ3v) is 6.65. The Balaban J connectivity index is 1.59. The van der Waals surface area contributed by atoms with Crippen molar-refractivity contribution in [1.82, 2.24) is 14.5 Å². The van der Waals surface area contributed by atoms with Crippen LogP contribution in [0.5, 0.6) is 0 Å². The van der Waals surface area contributed by atoms with Crippen molar-refractivity contribution in [2.45, 2.75) is 13.0 Å². The Bertz CT molecular complexity index is 1320. The number of thiazole rings is 1. The summed E-state index contributed by atoms with van der Waals surface area (Å²) in [5.74, 6) is -0.420. The molecule has 4 aromatic rings. The number of aromatic nitrogens is 3. The molecule has 0 aliphatic heterocycles. The summed E-state index contributed by atoms with van der Waals surface area (Å²) in [6.45, 7) is 0.174. The van der Waals surface area contributed by atoms with E-state index in [1.54, 1.807) is 11.3 Å². The molecule has 8 nitrogen and oxygen atoms in total. The van der Waals surface area contributed by atoms with Crippen molar-refractivity contribution in [3.63, 3.8) is 0 Å². The highest BCUT2D eigenvalue weighted by Gasteiger charge is 2.22. The van der Waals surface area contributed by atoms with Gasteiger partial charge in [0.05, 0.1) is 23.5 Å². The maximum atomic E-state index is 12.9. The number of nitrogen functional groups attached to an aromatic ring is 1. The van der Waals surface area contributed by atoms with E-state index in [4.69, 9.17) is 5.73 Å². The predicted octanol–water partition coefficient (Wildman–Crippen LogP) is 2.56. The third-order valence-electron chi connectivity index (χ3n) is 4.72. The Kier molecular flexibility index (Phi) is 5.83. The van der Waals surface area contributed by atoms with Crippen LogP contribution in [0.4, 0.5) is 11.5 Å². The lowest BCUT2D eigenvalue weighted by Crippen LogP contribution is -2.40. The van der Waals surface area contributed by atoms with Crippen molar-refractivity contribution < 1.29 is 4.79 Å². The van der Waals surface area contributed by atoms with E-state index in [0.717, 1.165) is 15.4 Å². The minimum absolute atomic E-state index is 0.00899. The van der Waals surface area contributed by atoms with Crippen LogP contribution in [0.2, 0.25) is 0 Å². The molecule has 3 aromatic heterocycles. The van der Waals surface area contributed by atoms with Gasteiger partial charge in [-0.05, 0) is 17.0 Å². The molecule has 0 spiro atoms. The average molecular weight is 454 g/mol. The number of amides is 1. The Hall–Kier alpha value is -3.50. The van der Waals surface area contributed by atoms with E-state index >= 15 is 0 Å². The molecule has 0 atom stereocenters. The number of thiophene rings is 1. The van der Waals surface area contributed by atoms with Gasteiger partial charge in [0.2, 0.25) is 5.91 Å². The zero-order valence-corrected chi connectivity index (χ0v) is 18.2. The van der Waals surface area contributed by atoms with E-state index < -0.39 is 11.2 Å². The molecule has 4 rings (SSSR count). The summed E-state index contributed by atoms with van der Waals surface area (Å²) in [6.07, 6.45) is 0.00899. The van der Waals surface area contributed by atoms with Gasteiger partial charge in [0, 0.05) is 12.4 Å². The zero-order valence-electron chi connectivity index (χ0n) is 16.6. The first-order chi connectivity index (χ1) is 14.9. The van der Waals surface area contributed by atoms with Crippen LogP contribution in [-0.4, -0.2) is 27.5 Å². The number of carbonyl (C=O) groups is 1. The minimum atomic E-state index is -0.708. The van der Waals surface area contributed by atoms with Gasteiger partial charge >= 0.3 is 5.69 Å². The molecule has 158 valence electrons. The van der Waals surface area contributed by atoms with Gasteiger partial charge in [-0.2, -0.15) is 0 Å². The highest BCUT2D eigenvalue weighted by Crippen LogP contribution is 2.28. The molecule has 0 aliphatic rings. The molecule has 1 aromatic carbocycles. The first-order valence-electron chi connectivity index (χ1n) is 9.35. The monoisotopic (exact) mass is 453 g/mol. The Morgan fingerprint density at radius 2 is 1.94 bits per heavy atom. The molecule has 0 bridgehead atoms. The maximum absolute atomic E-state index is 12.9. The Labute approximate surface area is 185 Å². The molecular formula is C21H19N5O3S2. The number of hydrogen-bond acceptors (Lipinski definition) is 7. The fourth-order valence-electron chi connectivity index (χ4n) is 3.12. The molecule has 0 aliphatic carbocycles. The molecule has 3 heterocycles. The van der Waals surface area contributed by atoms with Gasteiger partial charge in [-0.25, -0.2) is 9.78 Å². The Morgan fingerprint density at radius 1 is 1.16 bits per heavy atom. The molecule has 0 fully saturated rings. The van der Waals surface area contributed by atoms with E-state index in [9.17, 15) is 14.4 Å². The lowest BCUT2D eigenvalue weighted by atomic mass is 10.2. The van der Waals surface area contributed by atoms with Crippen LogP contribution in [0.25, 0.3) is 9.88 Å². The van der Waals surface area contributed by atoms with Gasteiger partial charge in [-0.1, -0.05) is 36.4 Å². The van der Waals surface area contributed by atoms with Crippen molar-refractivity contribution in [2.75, 3.05) is 17.7 Å². The van der Waals surface area contributed by atoms with Crippen LogP contribution >= 0.6 is 22.7 Å². The number of aromatic amines is 1. The molecule has 0 unspecified atom stereocenters.